The van der Waals surface area contributed by atoms with E-state index in [2.05, 4.69) is 11.9 Å². The maximum absolute atomic E-state index is 13.3. The van der Waals surface area contributed by atoms with Crippen LogP contribution in [0.3, 0.4) is 0 Å². The highest BCUT2D eigenvalue weighted by Crippen LogP contribution is 2.44. The van der Waals surface area contributed by atoms with E-state index in [0.717, 1.165) is 29.1 Å². The average Bonchev–Trinajstić information content (AvgIpc) is 3.55. The lowest BCUT2D eigenvalue weighted by atomic mass is 9.99. The molecule has 1 aromatic carbocycles. The fourth-order valence-corrected chi connectivity index (χ4v) is 4.98. The molecule has 1 N–H and O–H groups in total. The summed E-state index contributed by atoms with van der Waals surface area (Å²) in [4.78, 5) is 44.8. The van der Waals surface area contributed by atoms with E-state index in [0.29, 0.717) is 29.4 Å². The van der Waals surface area contributed by atoms with Gasteiger partial charge in [-0.25, -0.2) is 9.78 Å². The topological polar surface area (TPSA) is 119 Å². The number of aliphatic hydroxyl groups is 1. The third-order valence-electron chi connectivity index (χ3n) is 5.80. The number of carbonyl (C=O) groups is 3. The molecule has 1 aliphatic heterocycles. The summed E-state index contributed by atoms with van der Waals surface area (Å²) in [7, 11) is 0. The summed E-state index contributed by atoms with van der Waals surface area (Å²) in [6, 6.07) is 8.97. The molecular formula is C27H28N2O7S. The highest BCUT2D eigenvalue weighted by molar-refractivity contribution is 7.17. The van der Waals surface area contributed by atoms with E-state index in [1.807, 2.05) is 0 Å². The van der Waals surface area contributed by atoms with E-state index < -0.39 is 23.7 Å². The SMILES string of the molecule is CCCCOc1cccc(/C(O)=C2\C(=O)C(=O)N(c3nc(C)c(C(=O)OCC)s3)C2c2ccc(C)o2)c1. The number of esters is 1. The molecule has 4 rings (SSSR count). The maximum Gasteiger partial charge on any atom is 0.350 e. The number of aromatic nitrogens is 1. The number of anilines is 1. The zero-order valence-electron chi connectivity index (χ0n) is 21.1. The van der Waals surface area contributed by atoms with Gasteiger partial charge in [-0.15, -0.1) is 0 Å². The van der Waals surface area contributed by atoms with Crippen molar-refractivity contribution in [3.63, 3.8) is 0 Å². The molecule has 1 atom stereocenters. The van der Waals surface area contributed by atoms with Gasteiger partial charge in [-0.2, -0.15) is 0 Å². The molecule has 2 aromatic heterocycles. The molecule has 1 unspecified atom stereocenters. The lowest BCUT2D eigenvalue weighted by molar-refractivity contribution is -0.132. The van der Waals surface area contributed by atoms with E-state index in [4.69, 9.17) is 13.9 Å². The zero-order chi connectivity index (χ0) is 26.7. The Labute approximate surface area is 218 Å². The summed E-state index contributed by atoms with van der Waals surface area (Å²) in [5.41, 5.74) is 0.546. The number of furan rings is 1. The van der Waals surface area contributed by atoms with Crippen LogP contribution in [0.15, 0.2) is 46.4 Å². The molecule has 0 saturated carbocycles. The number of rotatable bonds is 9. The largest absolute Gasteiger partial charge is 0.507 e. The van der Waals surface area contributed by atoms with Crippen molar-refractivity contribution in [2.45, 2.75) is 46.6 Å². The maximum atomic E-state index is 13.3. The molecule has 9 nitrogen and oxygen atoms in total. The molecule has 10 heteroatoms. The summed E-state index contributed by atoms with van der Waals surface area (Å²) in [6.07, 6.45) is 1.85. The van der Waals surface area contributed by atoms with Crippen molar-refractivity contribution in [2.75, 3.05) is 18.1 Å². The van der Waals surface area contributed by atoms with Crippen LogP contribution in [0.4, 0.5) is 5.13 Å². The molecule has 1 aliphatic rings. The number of hydrogen-bond donors (Lipinski definition) is 1. The van der Waals surface area contributed by atoms with Gasteiger partial charge >= 0.3 is 11.9 Å². The van der Waals surface area contributed by atoms with E-state index in [1.54, 1.807) is 57.2 Å². The van der Waals surface area contributed by atoms with Crippen molar-refractivity contribution in [3.8, 4) is 5.75 Å². The van der Waals surface area contributed by atoms with Gasteiger partial charge in [0.2, 0.25) is 0 Å². The number of amides is 1. The van der Waals surface area contributed by atoms with E-state index in [1.165, 1.54) is 0 Å². The normalized spacial score (nSPS) is 16.9. The van der Waals surface area contributed by atoms with Crippen LogP contribution in [0, 0.1) is 13.8 Å². The summed E-state index contributed by atoms with van der Waals surface area (Å²) in [5, 5.41) is 11.4. The second kappa shape index (κ2) is 11.0. The standard InChI is InChI=1S/C27H28N2O7S/c1-5-7-13-35-18-10-8-9-17(14-18)22(30)20-21(19-12-11-15(3)36-19)29(25(32)23(20)31)27-28-16(4)24(37-27)26(33)34-6-2/h8-12,14,21,30H,5-7,13H2,1-4H3/b22-20+. The number of aryl methyl sites for hydroxylation is 2. The van der Waals surface area contributed by atoms with Gasteiger partial charge in [0.1, 0.15) is 33.9 Å². The smallest absolute Gasteiger partial charge is 0.350 e. The fraction of sp³-hybridized carbons (Fsp3) is 0.333. The molecular weight excluding hydrogens is 496 g/mol. The second-order valence-corrected chi connectivity index (χ2v) is 9.46. The van der Waals surface area contributed by atoms with Crippen molar-refractivity contribution >= 4 is 39.9 Å². The molecule has 0 spiro atoms. The molecule has 0 bridgehead atoms. The predicted molar refractivity (Wildman–Crippen MR) is 138 cm³/mol. The monoisotopic (exact) mass is 524 g/mol. The second-order valence-electron chi connectivity index (χ2n) is 8.48. The third-order valence-corrected chi connectivity index (χ3v) is 6.94. The zero-order valence-corrected chi connectivity index (χ0v) is 21.9. The Bertz CT molecular complexity index is 1370. The van der Waals surface area contributed by atoms with E-state index in [9.17, 15) is 19.5 Å². The summed E-state index contributed by atoms with van der Waals surface area (Å²) >= 11 is 0.940. The molecule has 3 aromatic rings. The predicted octanol–water partition coefficient (Wildman–Crippen LogP) is 5.33. The van der Waals surface area contributed by atoms with Crippen molar-refractivity contribution in [1.29, 1.82) is 0 Å². The highest BCUT2D eigenvalue weighted by Gasteiger charge is 2.50. The first-order chi connectivity index (χ1) is 17.8. The Morgan fingerprint density at radius 2 is 1.97 bits per heavy atom. The van der Waals surface area contributed by atoms with Crippen LogP contribution < -0.4 is 9.64 Å². The number of benzene rings is 1. The number of ether oxygens (including phenoxy) is 2. The Balaban J connectivity index is 1.82. The minimum Gasteiger partial charge on any atom is -0.507 e. The molecule has 1 amide bonds. The highest BCUT2D eigenvalue weighted by atomic mass is 32.1. The quantitative estimate of drug-likeness (QED) is 0.131. The van der Waals surface area contributed by atoms with Gasteiger partial charge in [0.25, 0.3) is 5.78 Å². The van der Waals surface area contributed by atoms with Crippen LogP contribution in [0.2, 0.25) is 0 Å². The first-order valence-corrected chi connectivity index (χ1v) is 12.8. The number of aliphatic hydroxyl groups excluding tert-OH is 1. The van der Waals surface area contributed by atoms with Crippen molar-refractivity contribution in [3.05, 3.63) is 69.6 Å². The third kappa shape index (κ3) is 5.15. The number of carbonyl (C=O) groups excluding carboxylic acids is 3. The Kier molecular flexibility index (Phi) is 7.77. The molecule has 37 heavy (non-hydrogen) atoms. The van der Waals surface area contributed by atoms with Crippen LogP contribution in [-0.2, 0) is 14.3 Å². The first kappa shape index (κ1) is 26.2. The van der Waals surface area contributed by atoms with Gasteiger partial charge in [-0.3, -0.25) is 14.5 Å². The number of unbranched alkanes of at least 4 members (excludes halogenated alkanes) is 1. The first-order valence-electron chi connectivity index (χ1n) is 12.0. The van der Waals surface area contributed by atoms with Crippen molar-refractivity contribution in [1.82, 2.24) is 4.98 Å². The van der Waals surface area contributed by atoms with Gasteiger partial charge in [0, 0.05) is 5.56 Å². The lowest BCUT2D eigenvalue weighted by Gasteiger charge is -2.20. The fourth-order valence-electron chi connectivity index (χ4n) is 3.99. The van der Waals surface area contributed by atoms with Gasteiger partial charge in [0.15, 0.2) is 5.13 Å². The van der Waals surface area contributed by atoms with Crippen molar-refractivity contribution in [2.24, 2.45) is 0 Å². The minimum absolute atomic E-state index is 0.123. The lowest BCUT2D eigenvalue weighted by Crippen LogP contribution is -2.29. The van der Waals surface area contributed by atoms with Crippen LogP contribution in [0.1, 0.15) is 65.2 Å². The number of thiazole rings is 1. The number of ketones is 1. The Morgan fingerprint density at radius 1 is 1.19 bits per heavy atom. The Morgan fingerprint density at radius 3 is 2.65 bits per heavy atom. The minimum atomic E-state index is -1.08. The number of Topliss-reactive ketones (excluding diaryl/α,β-unsaturated/α-hetero) is 1. The summed E-state index contributed by atoms with van der Waals surface area (Å²) in [5.74, 6) is -1.33. The van der Waals surface area contributed by atoms with Gasteiger partial charge < -0.3 is 19.0 Å². The summed E-state index contributed by atoms with van der Waals surface area (Å²) < 4.78 is 16.7. The molecule has 0 radical (unpaired) electrons. The van der Waals surface area contributed by atoms with Crippen LogP contribution in [0.5, 0.6) is 5.75 Å². The number of nitrogens with zero attached hydrogens (tertiary/aromatic N) is 2. The van der Waals surface area contributed by atoms with E-state index >= 15 is 0 Å². The molecule has 3 heterocycles. The Hall–Kier alpha value is -3.92. The molecule has 1 saturated heterocycles. The van der Waals surface area contributed by atoms with Crippen LogP contribution >= 0.6 is 11.3 Å². The average molecular weight is 525 g/mol. The summed E-state index contributed by atoms with van der Waals surface area (Å²) in [6.45, 7) is 7.81. The van der Waals surface area contributed by atoms with E-state index in [-0.39, 0.29) is 33.7 Å². The molecule has 1 fully saturated rings. The van der Waals surface area contributed by atoms with Gasteiger partial charge in [-0.05, 0) is 51.5 Å². The van der Waals surface area contributed by atoms with Crippen LogP contribution in [0.25, 0.3) is 5.76 Å². The number of hydrogen-bond acceptors (Lipinski definition) is 9. The van der Waals surface area contributed by atoms with Crippen molar-refractivity contribution < 1.29 is 33.4 Å². The van der Waals surface area contributed by atoms with Crippen LogP contribution in [-0.4, -0.2) is 41.0 Å². The molecule has 0 aliphatic carbocycles. The molecule has 194 valence electrons. The van der Waals surface area contributed by atoms with Gasteiger partial charge in [-0.1, -0.05) is 36.8 Å². The van der Waals surface area contributed by atoms with Gasteiger partial charge in [0.05, 0.1) is 24.5 Å².